The van der Waals surface area contributed by atoms with Crippen molar-refractivity contribution in [2.75, 3.05) is 0 Å². The Labute approximate surface area is 192 Å². The fourth-order valence-electron chi connectivity index (χ4n) is 3.73. The number of halogens is 3. The summed E-state index contributed by atoms with van der Waals surface area (Å²) in [5.74, 6) is 0. The van der Waals surface area contributed by atoms with Crippen LogP contribution in [0.1, 0.15) is 0 Å². The Balaban J connectivity index is 1.79. The molecule has 0 aliphatic rings. The van der Waals surface area contributed by atoms with Gasteiger partial charge in [0.15, 0.2) is 4.90 Å². The Kier molecular flexibility index (Phi) is 6.15. The van der Waals surface area contributed by atoms with Crippen LogP contribution in [0.25, 0.3) is 22.2 Å². The fraction of sp³-hybridized carbons (Fsp3) is 0.130. The van der Waals surface area contributed by atoms with Gasteiger partial charge < -0.3 is 4.57 Å². The lowest BCUT2D eigenvalue weighted by Crippen LogP contribution is -2.48. The van der Waals surface area contributed by atoms with Crippen molar-refractivity contribution < 1.29 is 26.5 Å². The van der Waals surface area contributed by atoms with E-state index in [2.05, 4.69) is 0 Å². The van der Waals surface area contributed by atoms with E-state index < -0.39 is 44.3 Å². The van der Waals surface area contributed by atoms with Crippen LogP contribution in [0.4, 0.5) is 18.9 Å². The number of rotatable bonds is 7. The summed E-state index contributed by atoms with van der Waals surface area (Å²) in [5.41, 5.74) is 0.801. The molecule has 1 atom stereocenters. The Bertz CT molecular complexity index is 1450. The van der Waals surface area contributed by atoms with E-state index in [4.69, 9.17) is 0 Å². The Hall–Kier alpha value is -3.70. The molecule has 0 bridgehead atoms. The number of aromatic nitrogens is 1. The van der Waals surface area contributed by atoms with Crippen LogP contribution in [0.5, 0.6) is 0 Å². The van der Waals surface area contributed by atoms with Crippen molar-refractivity contribution in [1.29, 1.82) is 0 Å². The number of sulfonamides is 1. The number of fused-ring (bicyclic) bond motifs is 1. The second kappa shape index (κ2) is 8.92. The molecule has 7 nitrogen and oxygen atoms in total. The third kappa shape index (κ3) is 4.66. The number of nitrogens with zero attached hydrogens (tertiary/aromatic N) is 2. The molecule has 4 aromatic rings. The molecule has 0 saturated carbocycles. The topological polar surface area (TPSA) is 94.2 Å². The first kappa shape index (κ1) is 23.5. The van der Waals surface area contributed by atoms with Crippen molar-refractivity contribution in [3.63, 3.8) is 0 Å². The number of hydrogen-bond donors (Lipinski definition) is 1. The molecule has 3 aromatic carbocycles. The van der Waals surface area contributed by atoms with E-state index >= 15 is 0 Å². The lowest BCUT2D eigenvalue weighted by molar-refractivity contribution is -0.387. The number of nitro groups is 1. The summed E-state index contributed by atoms with van der Waals surface area (Å²) in [6.07, 6.45) is -4.98. The zero-order chi connectivity index (χ0) is 24.5. The molecule has 0 aliphatic heterocycles. The van der Waals surface area contributed by atoms with Crippen LogP contribution in [-0.4, -0.2) is 30.1 Å². The molecule has 1 aromatic heterocycles. The lowest BCUT2D eigenvalue weighted by atomic mass is 10.1. The molecular formula is C23H18F3N3O4S. The maximum atomic E-state index is 14.1. The highest BCUT2D eigenvalue weighted by Crippen LogP contribution is 2.32. The average Bonchev–Trinajstić information content (AvgIpc) is 3.17. The summed E-state index contributed by atoms with van der Waals surface area (Å²) in [7, 11) is -4.88. The minimum absolute atomic E-state index is 0.473. The van der Waals surface area contributed by atoms with Gasteiger partial charge in [-0.1, -0.05) is 60.7 Å². The standard InChI is InChI=1S/C23H18F3N3O4S/c24-23(25,26)22(27-34(32,33)21-13-7-6-12-19(21)29(30)31)15-28-18-11-5-4-10-17(18)14-20(28)16-8-2-1-3-9-16/h1-14,22,27H,15H2. The van der Waals surface area contributed by atoms with Crippen LogP contribution in [0.3, 0.4) is 0 Å². The van der Waals surface area contributed by atoms with Crippen molar-refractivity contribution in [3.05, 3.63) is 95.0 Å². The molecule has 0 amide bonds. The molecule has 1 heterocycles. The van der Waals surface area contributed by atoms with Crippen molar-refractivity contribution in [2.24, 2.45) is 0 Å². The molecule has 34 heavy (non-hydrogen) atoms. The maximum absolute atomic E-state index is 14.1. The second-order valence-corrected chi connectivity index (χ2v) is 9.19. The van der Waals surface area contributed by atoms with Gasteiger partial charge in [-0.05, 0) is 23.8 Å². The van der Waals surface area contributed by atoms with Gasteiger partial charge in [-0.25, -0.2) is 8.42 Å². The molecule has 1 N–H and O–H groups in total. The van der Waals surface area contributed by atoms with Crippen LogP contribution in [0, 0.1) is 10.1 Å². The van der Waals surface area contributed by atoms with Gasteiger partial charge in [0.25, 0.3) is 5.69 Å². The van der Waals surface area contributed by atoms with Crippen molar-refractivity contribution in [3.8, 4) is 11.3 Å². The van der Waals surface area contributed by atoms with Gasteiger partial charge in [0.05, 0.1) is 4.92 Å². The largest absolute Gasteiger partial charge is 0.406 e. The first-order valence-electron chi connectivity index (χ1n) is 10.0. The highest BCUT2D eigenvalue weighted by Gasteiger charge is 2.44. The van der Waals surface area contributed by atoms with Gasteiger partial charge in [0.1, 0.15) is 6.04 Å². The number of hydrogen-bond acceptors (Lipinski definition) is 4. The predicted octanol–water partition coefficient (Wildman–Crippen LogP) is 5.13. The molecule has 4 rings (SSSR count). The van der Waals surface area contributed by atoms with E-state index in [-0.39, 0.29) is 0 Å². The van der Waals surface area contributed by atoms with Gasteiger partial charge in [-0.2, -0.15) is 17.9 Å². The van der Waals surface area contributed by atoms with E-state index in [1.807, 2.05) is 0 Å². The highest BCUT2D eigenvalue weighted by molar-refractivity contribution is 7.89. The SMILES string of the molecule is O=[N+]([O-])c1ccccc1S(=O)(=O)NC(Cn1c(-c2ccccc2)cc2ccccc21)C(F)(F)F. The summed E-state index contributed by atoms with van der Waals surface area (Å²) in [6, 6.07) is 19.0. The summed E-state index contributed by atoms with van der Waals surface area (Å²) in [5, 5.41) is 11.9. The monoisotopic (exact) mass is 489 g/mol. The third-order valence-electron chi connectivity index (χ3n) is 5.29. The van der Waals surface area contributed by atoms with E-state index in [1.165, 1.54) is 16.7 Å². The second-order valence-electron chi connectivity index (χ2n) is 7.51. The predicted molar refractivity (Wildman–Crippen MR) is 121 cm³/mol. The van der Waals surface area contributed by atoms with E-state index in [9.17, 15) is 31.7 Å². The Morgan fingerprint density at radius 2 is 1.56 bits per heavy atom. The fourth-order valence-corrected chi connectivity index (χ4v) is 5.12. The van der Waals surface area contributed by atoms with Crippen LogP contribution in [0.15, 0.2) is 89.8 Å². The zero-order valence-corrected chi connectivity index (χ0v) is 18.3. The van der Waals surface area contributed by atoms with Crippen LogP contribution < -0.4 is 4.72 Å². The van der Waals surface area contributed by atoms with Gasteiger partial charge >= 0.3 is 6.18 Å². The van der Waals surface area contributed by atoms with E-state index in [0.29, 0.717) is 22.2 Å². The van der Waals surface area contributed by atoms with Gasteiger partial charge in [-0.3, -0.25) is 10.1 Å². The lowest BCUT2D eigenvalue weighted by Gasteiger charge is -2.24. The van der Waals surface area contributed by atoms with Crippen molar-refractivity contribution in [2.45, 2.75) is 23.7 Å². The van der Waals surface area contributed by atoms with E-state index in [1.54, 1.807) is 65.4 Å². The number of nitro benzene ring substituents is 1. The summed E-state index contributed by atoms with van der Waals surface area (Å²) >= 11 is 0. The molecule has 0 saturated heterocycles. The minimum Gasteiger partial charge on any atom is -0.339 e. The molecule has 176 valence electrons. The molecule has 1 unspecified atom stereocenters. The summed E-state index contributed by atoms with van der Waals surface area (Å²) in [4.78, 5) is 9.45. The summed E-state index contributed by atoms with van der Waals surface area (Å²) < 4.78 is 70.9. The Morgan fingerprint density at radius 1 is 0.941 bits per heavy atom. The molecule has 0 radical (unpaired) electrons. The van der Waals surface area contributed by atoms with Gasteiger partial charge in [0, 0.05) is 29.2 Å². The first-order chi connectivity index (χ1) is 16.1. The highest BCUT2D eigenvalue weighted by atomic mass is 32.2. The average molecular weight is 489 g/mol. The van der Waals surface area contributed by atoms with Crippen molar-refractivity contribution >= 4 is 26.6 Å². The smallest absolute Gasteiger partial charge is 0.339 e. The quantitative estimate of drug-likeness (QED) is 0.288. The molecule has 0 aliphatic carbocycles. The molecule has 11 heteroatoms. The Morgan fingerprint density at radius 3 is 2.24 bits per heavy atom. The minimum atomic E-state index is -4.98. The van der Waals surface area contributed by atoms with Gasteiger partial charge in [0.2, 0.25) is 10.0 Å². The number of para-hydroxylation sites is 2. The molecule has 0 spiro atoms. The third-order valence-corrected chi connectivity index (χ3v) is 6.81. The number of benzene rings is 3. The van der Waals surface area contributed by atoms with Crippen LogP contribution in [0.2, 0.25) is 0 Å². The molecule has 0 fully saturated rings. The summed E-state index contributed by atoms with van der Waals surface area (Å²) in [6.45, 7) is -0.777. The number of nitrogens with one attached hydrogen (secondary N) is 1. The van der Waals surface area contributed by atoms with Crippen LogP contribution >= 0.6 is 0 Å². The first-order valence-corrected chi connectivity index (χ1v) is 11.5. The van der Waals surface area contributed by atoms with Gasteiger partial charge in [-0.15, -0.1) is 0 Å². The van der Waals surface area contributed by atoms with E-state index in [0.717, 1.165) is 12.1 Å². The van der Waals surface area contributed by atoms with Crippen molar-refractivity contribution in [1.82, 2.24) is 9.29 Å². The number of alkyl halides is 3. The zero-order valence-electron chi connectivity index (χ0n) is 17.4. The normalized spacial score (nSPS) is 13.1. The van der Waals surface area contributed by atoms with Crippen LogP contribution in [-0.2, 0) is 16.6 Å². The molecular weight excluding hydrogens is 471 g/mol. The maximum Gasteiger partial charge on any atom is 0.406 e.